The van der Waals surface area contributed by atoms with Gasteiger partial charge in [0.2, 0.25) is 0 Å². The number of nitrogens with zero attached hydrogens (tertiary/aromatic N) is 1. The third kappa shape index (κ3) is 5.43. The molecular weight excluding hydrogens is 454 g/mol. The Morgan fingerprint density at radius 1 is 1.09 bits per heavy atom. The monoisotopic (exact) mass is 479 g/mol. The van der Waals surface area contributed by atoms with Gasteiger partial charge in [0.25, 0.3) is 5.91 Å². The highest BCUT2D eigenvalue weighted by Gasteiger charge is 2.29. The summed E-state index contributed by atoms with van der Waals surface area (Å²) < 4.78 is 5.50. The number of carbonyl (C=O) groups is 3. The van der Waals surface area contributed by atoms with Crippen LogP contribution in [0.4, 0.5) is 9.93 Å². The van der Waals surface area contributed by atoms with Gasteiger partial charge in [0, 0.05) is 24.3 Å². The van der Waals surface area contributed by atoms with E-state index < -0.39 is 12.1 Å². The summed E-state index contributed by atoms with van der Waals surface area (Å²) in [7, 11) is 0. The first kappa shape index (κ1) is 23.4. The summed E-state index contributed by atoms with van der Waals surface area (Å²) in [5.41, 5.74) is 4.75. The molecule has 1 aromatic heterocycles. The van der Waals surface area contributed by atoms with Crippen molar-refractivity contribution < 1.29 is 24.2 Å². The Morgan fingerprint density at radius 3 is 2.38 bits per heavy atom. The van der Waals surface area contributed by atoms with E-state index in [1.54, 1.807) is 5.38 Å². The van der Waals surface area contributed by atoms with Crippen molar-refractivity contribution in [3.05, 3.63) is 70.7 Å². The number of ether oxygens (including phenoxy) is 1. The second-order valence-electron chi connectivity index (χ2n) is 8.24. The number of rotatable bonds is 9. The maximum atomic E-state index is 12.4. The van der Waals surface area contributed by atoms with Crippen molar-refractivity contribution in [3.8, 4) is 11.1 Å². The third-order valence-electron chi connectivity index (χ3n) is 5.74. The first-order valence-electron chi connectivity index (χ1n) is 11.0. The fraction of sp³-hybridized carbons (Fsp3) is 0.280. The van der Waals surface area contributed by atoms with Gasteiger partial charge in [-0.05, 0) is 34.6 Å². The van der Waals surface area contributed by atoms with Crippen LogP contribution >= 0.6 is 11.3 Å². The Kier molecular flexibility index (Phi) is 7.22. The number of fused-ring (bicyclic) bond motifs is 3. The fourth-order valence-corrected chi connectivity index (χ4v) is 4.76. The van der Waals surface area contributed by atoms with Crippen LogP contribution in [-0.2, 0) is 9.53 Å². The van der Waals surface area contributed by atoms with Crippen LogP contribution in [0.5, 0.6) is 0 Å². The maximum Gasteiger partial charge on any atom is 0.413 e. The number of thiazole rings is 1. The van der Waals surface area contributed by atoms with Gasteiger partial charge in [-0.15, -0.1) is 11.3 Å². The van der Waals surface area contributed by atoms with Crippen molar-refractivity contribution in [1.29, 1.82) is 0 Å². The molecule has 3 N–H and O–H groups in total. The van der Waals surface area contributed by atoms with Gasteiger partial charge in [-0.1, -0.05) is 55.5 Å². The van der Waals surface area contributed by atoms with Gasteiger partial charge in [-0.2, -0.15) is 0 Å². The number of benzene rings is 2. The molecule has 0 bridgehead atoms. The summed E-state index contributed by atoms with van der Waals surface area (Å²) in [5, 5.41) is 15.9. The molecule has 0 aliphatic heterocycles. The molecule has 2 amide bonds. The number of amides is 2. The predicted molar refractivity (Wildman–Crippen MR) is 129 cm³/mol. The van der Waals surface area contributed by atoms with E-state index in [0.29, 0.717) is 13.0 Å². The van der Waals surface area contributed by atoms with E-state index in [4.69, 9.17) is 9.84 Å². The molecule has 1 unspecified atom stereocenters. The number of carboxylic acids is 1. The molecule has 0 radical (unpaired) electrons. The second kappa shape index (κ2) is 10.5. The van der Waals surface area contributed by atoms with Gasteiger partial charge < -0.3 is 15.2 Å². The highest BCUT2D eigenvalue weighted by Crippen LogP contribution is 2.44. The number of hydrogen-bond donors (Lipinski definition) is 3. The number of hydrogen-bond acceptors (Lipinski definition) is 6. The van der Waals surface area contributed by atoms with Crippen molar-refractivity contribution >= 4 is 34.4 Å². The quantitative estimate of drug-likeness (QED) is 0.408. The average molecular weight is 480 g/mol. The van der Waals surface area contributed by atoms with Gasteiger partial charge >= 0.3 is 12.1 Å². The fourth-order valence-electron chi connectivity index (χ4n) is 4.08. The lowest BCUT2D eigenvalue weighted by Crippen LogP contribution is -2.26. The van der Waals surface area contributed by atoms with Gasteiger partial charge in [-0.3, -0.25) is 14.9 Å². The van der Waals surface area contributed by atoms with Crippen molar-refractivity contribution in [1.82, 2.24) is 10.3 Å². The molecule has 176 valence electrons. The van der Waals surface area contributed by atoms with Gasteiger partial charge in [0.1, 0.15) is 12.3 Å². The van der Waals surface area contributed by atoms with E-state index in [9.17, 15) is 14.4 Å². The Hall–Kier alpha value is -3.72. The van der Waals surface area contributed by atoms with Gasteiger partial charge in [0.05, 0.1) is 0 Å². The van der Waals surface area contributed by atoms with E-state index in [1.807, 2.05) is 31.2 Å². The summed E-state index contributed by atoms with van der Waals surface area (Å²) in [5.74, 6) is -1.32. The van der Waals surface area contributed by atoms with Crippen LogP contribution < -0.4 is 10.6 Å². The van der Waals surface area contributed by atoms with Gasteiger partial charge in [-0.25, -0.2) is 9.78 Å². The first-order chi connectivity index (χ1) is 16.4. The minimum Gasteiger partial charge on any atom is -0.481 e. The Balaban J connectivity index is 1.29. The molecule has 0 spiro atoms. The smallest absolute Gasteiger partial charge is 0.413 e. The third-order valence-corrected chi connectivity index (χ3v) is 6.49. The minimum absolute atomic E-state index is 0.0423. The highest BCUT2D eigenvalue weighted by molar-refractivity contribution is 7.14. The van der Waals surface area contributed by atoms with Crippen molar-refractivity contribution in [2.75, 3.05) is 18.5 Å². The molecule has 8 nitrogen and oxygen atoms in total. The normalized spacial score (nSPS) is 13.0. The lowest BCUT2D eigenvalue weighted by atomic mass is 9.98. The summed E-state index contributed by atoms with van der Waals surface area (Å²) in [6.07, 6.45) is -0.0287. The van der Waals surface area contributed by atoms with Crippen molar-refractivity contribution in [2.45, 2.75) is 25.7 Å². The predicted octanol–water partition coefficient (Wildman–Crippen LogP) is 4.73. The van der Waals surface area contributed by atoms with Crippen molar-refractivity contribution in [3.63, 3.8) is 0 Å². The molecule has 1 heterocycles. The number of aromatic nitrogens is 1. The summed E-state index contributed by atoms with van der Waals surface area (Å²) in [6.45, 7) is 2.35. The lowest BCUT2D eigenvalue weighted by molar-refractivity contribution is -0.138. The van der Waals surface area contributed by atoms with E-state index in [1.165, 1.54) is 0 Å². The summed E-state index contributed by atoms with van der Waals surface area (Å²) in [6, 6.07) is 16.2. The van der Waals surface area contributed by atoms with E-state index >= 15 is 0 Å². The number of nitrogens with one attached hydrogen (secondary N) is 2. The number of carboxylic acid groups (broad SMARTS) is 1. The summed E-state index contributed by atoms with van der Waals surface area (Å²) >= 11 is 1.13. The highest BCUT2D eigenvalue weighted by atomic mass is 32.1. The maximum absolute atomic E-state index is 12.4. The van der Waals surface area contributed by atoms with Crippen LogP contribution in [-0.4, -0.2) is 41.2 Å². The van der Waals surface area contributed by atoms with Crippen molar-refractivity contribution in [2.24, 2.45) is 5.92 Å². The molecule has 0 fully saturated rings. The lowest BCUT2D eigenvalue weighted by Gasteiger charge is -2.14. The zero-order chi connectivity index (χ0) is 24.1. The Labute approximate surface area is 201 Å². The van der Waals surface area contributed by atoms with Crippen LogP contribution in [0.15, 0.2) is 53.9 Å². The Bertz CT molecular complexity index is 1160. The largest absolute Gasteiger partial charge is 0.481 e. The SMILES string of the molecule is CC(CCNC(=O)c1csc(NC(=O)OCC2c3ccccc3-c3ccccc32)n1)CC(=O)O. The standard InChI is InChI=1S/C25H25N3O5S/c1-15(12-22(29)30)10-11-26-23(31)21-14-34-24(27-21)28-25(32)33-13-20-18-8-4-2-6-16(18)17-7-3-5-9-19(17)20/h2-9,14-15,20H,10-13H2,1H3,(H,26,31)(H,29,30)(H,27,28,32). The second-order valence-corrected chi connectivity index (χ2v) is 9.09. The van der Waals surface area contributed by atoms with Crippen LogP contribution in [0.2, 0.25) is 0 Å². The molecular formula is C25H25N3O5S. The van der Waals surface area contributed by atoms with E-state index in [0.717, 1.165) is 33.6 Å². The Morgan fingerprint density at radius 2 is 1.74 bits per heavy atom. The van der Waals surface area contributed by atoms with Crippen LogP contribution in [0.3, 0.4) is 0 Å². The zero-order valence-corrected chi connectivity index (χ0v) is 19.4. The van der Waals surface area contributed by atoms with Crippen LogP contribution in [0, 0.1) is 5.92 Å². The average Bonchev–Trinajstić information content (AvgIpc) is 3.40. The molecule has 9 heteroatoms. The molecule has 1 atom stereocenters. The molecule has 0 saturated heterocycles. The zero-order valence-electron chi connectivity index (χ0n) is 18.6. The molecule has 1 aliphatic carbocycles. The van der Waals surface area contributed by atoms with Crippen LogP contribution in [0.25, 0.3) is 11.1 Å². The topological polar surface area (TPSA) is 118 Å². The van der Waals surface area contributed by atoms with E-state index in [2.05, 4.69) is 39.9 Å². The van der Waals surface area contributed by atoms with E-state index in [-0.39, 0.29) is 41.6 Å². The number of anilines is 1. The van der Waals surface area contributed by atoms with Gasteiger partial charge in [0.15, 0.2) is 5.13 Å². The number of aliphatic carboxylic acids is 1. The first-order valence-corrected chi connectivity index (χ1v) is 11.9. The number of carbonyl (C=O) groups excluding carboxylic acids is 2. The molecule has 1 aliphatic rings. The molecule has 0 saturated carbocycles. The van der Waals surface area contributed by atoms with Crippen LogP contribution in [0.1, 0.15) is 47.3 Å². The molecule has 4 rings (SSSR count). The summed E-state index contributed by atoms with van der Waals surface area (Å²) in [4.78, 5) is 39.5. The minimum atomic E-state index is -0.859. The molecule has 2 aromatic carbocycles. The molecule has 3 aromatic rings. The molecule has 34 heavy (non-hydrogen) atoms.